The Kier molecular flexibility index (Phi) is 5.31. The predicted octanol–water partition coefficient (Wildman–Crippen LogP) is 6.64. The summed E-state index contributed by atoms with van der Waals surface area (Å²) in [5, 5.41) is 0.931. The highest BCUT2D eigenvalue weighted by molar-refractivity contribution is 6.42. The molecule has 0 unspecified atom stereocenters. The van der Waals surface area contributed by atoms with Crippen molar-refractivity contribution in [2.45, 2.75) is 13.5 Å². The Balaban J connectivity index is 1.58. The zero-order valence-corrected chi connectivity index (χ0v) is 16.9. The van der Waals surface area contributed by atoms with Gasteiger partial charge in [-0.05, 0) is 48.9 Å². The fourth-order valence-corrected chi connectivity index (χ4v) is 3.37. The standard InChI is InChI=1S/C23H15Cl2FO3/c1-13-20(28-12-14-6-8-17(24)18(25)10-14)9-7-16-22(27)21(29-23(13)16)11-15-4-2-3-5-19(15)26/h2-11H,12H2,1H3/b21-11-. The van der Waals surface area contributed by atoms with Gasteiger partial charge in [0.25, 0.3) is 0 Å². The van der Waals surface area contributed by atoms with E-state index in [1.54, 1.807) is 42.5 Å². The van der Waals surface area contributed by atoms with Gasteiger partial charge in [0, 0.05) is 11.1 Å². The first-order chi connectivity index (χ1) is 13.9. The first-order valence-corrected chi connectivity index (χ1v) is 9.59. The number of halogens is 3. The first kappa shape index (κ1) is 19.5. The van der Waals surface area contributed by atoms with E-state index in [4.69, 9.17) is 32.7 Å². The van der Waals surface area contributed by atoms with Crippen LogP contribution in [0.5, 0.6) is 11.5 Å². The van der Waals surface area contributed by atoms with Crippen LogP contribution in [0.3, 0.4) is 0 Å². The van der Waals surface area contributed by atoms with Gasteiger partial charge in [-0.25, -0.2) is 4.39 Å². The van der Waals surface area contributed by atoms with E-state index in [1.807, 2.05) is 13.0 Å². The molecule has 6 heteroatoms. The van der Waals surface area contributed by atoms with E-state index in [2.05, 4.69) is 0 Å². The lowest BCUT2D eigenvalue weighted by Crippen LogP contribution is -1.98. The molecule has 0 amide bonds. The van der Waals surface area contributed by atoms with Crippen molar-refractivity contribution in [1.29, 1.82) is 0 Å². The molecule has 1 aliphatic rings. The number of benzene rings is 3. The number of ether oxygens (including phenoxy) is 2. The number of allylic oxidation sites excluding steroid dienone is 1. The number of Topliss-reactive ketones (excluding diaryl/α,β-unsaturated/α-hetero) is 1. The van der Waals surface area contributed by atoms with Gasteiger partial charge in [0.2, 0.25) is 5.78 Å². The molecule has 146 valence electrons. The van der Waals surface area contributed by atoms with Gasteiger partial charge < -0.3 is 9.47 Å². The van der Waals surface area contributed by atoms with Crippen molar-refractivity contribution >= 4 is 35.1 Å². The zero-order valence-electron chi connectivity index (χ0n) is 15.3. The maximum Gasteiger partial charge on any atom is 0.231 e. The Morgan fingerprint density at radius 3 is 2.62 bits per heavy atom. The number of ketones is 1. The van der Waals surface area contributed by atoms with E-state index in [-0.39, 0.29) is 23.7 Å². The van der Waals surface area contributed by atoms with E-state index in [0.717, 1.165) is 5.56 Å². The molecule has 0 aliphatic carbocycles. The minimum absolute atomic E-state index is 0.0785. The third-order valence-electron chi connectivity index (χ3n) is 4.61. The highest BCUT2D eigenvalue weighted by Crippen LogP contribution is 2.39. The zero-order chi connectivity index (χ0) is 20.5. The fourth-order valence-electron chi connectivity index (χ4n) is 3.05. The van der Waals surface area contributed by atoms with Crippen molar-refractivity contribution in [2.24, 2.45) is 0 Å². The Hall–Kier alpha value is -2.82. The van der Waals surface area contributed by atoms with E-state index in [1.165, 1.54) is 12.1 Å². The summed E-state index contributed by atoms with van der Waals surface area (Å²) in [6, 6.07) is 14.8. The molecule has 3 aromatic carbocycles. The lowest BCUT2D eigenvalue weighted by Gasteiger charge is -2.12. The minimum Gasteiger partial charge on any atom is -0.488 e. The monoisotopic (exact) mass is 428 g/mol. The molecule has 0 fully saturated rings. The highest BCUT2D eigenvalue weighted by atomic mass is 35.5. The van der Waals surface area contributed by atoms with Crippen molar-refractivity contribution in [3.05, 3.63) is 98.5 Å². The minimum atomic E-state index is -0.422. The van der Waals surface area contributed by atoms with Crippen LogP contribution < -0.4 is 9.47 Å². The van der Waals surface area contributed by atoms with Crippen LogP contribution in [0.15, 0.2) is 60.4 Å². The number of fused-ring (bicyclic) bond motifs is 1. The summed E-state index contributed by atoms with van der Waals surface area (Å²) in [5.74, 6) is 0.367. The number of carbonyl (C=O) groups excluding carboxylic acids is 1. The Bertz CT molecular complexity index is 1150. The molecular weight excluding hydrogens is 414 g/mol. The maximum absolute atomic E-state index is 13.9. The molecule has 3 aromatic rings. The van der Waals surface area contributed by atoms with Crippen molar-refractivity contribution in [1.82, 2.24) is 0 Å². The normalized spacial score (nSPS) is 14.1. The average Bonchev–Trinajstić information content (AvgIpc) is 3.02. The predicted molar refractivity (Wildman–Crippen MR) is 111 cm³/mol. The second-order valence-corrected chi connectivity index (χ2v) is 7.38. The van der Waals surface area contributed by atoms with E-state index in [0.29, 0.717) is 32.7 Å². The number of rotatable bonds is 4. The van der Waals surface area contributed by atoms with Crippen LogP contribution in [0.4, 0.5) is 4.39 Å². The Morgan fingerprint density at radius 1 is 1.07 bits per heavy atom. The summed E-state index contributed by atoms with van der Waals surface area (Å²) < 4.78 is 25.5. The largest absolute Gasteiger partial charge is 0.488 e. The molecule has 29 heavy (non-hydrogen) atoms. The SMILES string of the molecule is Cc1c(OCc2ccc(Cl)c(Cl)c2)ccc2c1O/C(=C\c1ccccc1F)C2=O. The summed E-state index contributed by atoms with van der Waals surface area (Å²) in [5.41, 5.74) is 2.26. The van der Waals surface area contributed by atoms with Gasteiger partial charge in [-0.3, -0.25) is 4.79 Å². The van der Waals surface area contributed by atoms with Gasteiger partial charge in [-0.15, -0.1) is 0 Å². The third kappa shape index (κ3) is 3.86. The quantitative estimate of drug-likeness (QED) is 0.437. The summed E-state index contributed by atoms with van der Waals surface area (Å²) in [4.78, 5) is 12.6. The number of hydrogen-bond acceptors (Lipinski definition) is 3. The third-order valence-corrected chi connectivity index (χ3v) is 5.35. The van der Waals surface area contributed by atoms with Gasteiger partial charge in [0.15, 0.2) is 5.76 Å². The molecule has 0 bridgehead atoms. The van der Waals surface area contributed by atoms with Crippen molar-refractivity contribution in [2.75, 3.05) is 0 Å². The van der Waals surface area contributed by atoms with Crippen molar-refractivity contribution in [3.63, 3.8) is 0 Å². The summed E-state index contributed by atoms with van der Waals surface area (Å²) >= 11 is 12.0. The summed E-state index contributed by atoms with van der Waals surface area (Å²) in [6.07, 6.45) is 1.41. The van der Waals surface area contributed by atoms with Crippen molar-refractivity contribution < 1.29 is 18.7 Å². The van der Waals surface area contributed by atoms with Crippen LogP contribution in [0.2, 0.25) is 10.0 Å². The second kappa shape index (κ2) is 7.90. The van der Waals surface area contributed by atoms with Crippen LogP contribution in [0, 0.1) is 12.7 Å². The lowest BCUT2D eigenvalue weighted by atomic mass is 10.1. The van der Waals surface area contributed by atoms with E-state index in [9.17, 15) is 9.18 Å². The molecule has 0 radical (unpaired) electrons. The van der Waals surface area contributed by atoms with Crippen LogP contribution in [0.25, 0.3) is 6.08 Å². The van der Waals surface area contributed by atoms with Crippen LogP contribution in [0.1, 0.15) is 27.0 Å². The van der Waals surface area contributed by atoms with Gasteiger partial charge in [-0.1, -0.05) is 47.5 Å². The fraction of sp³-hybridized carbons (Fsp3) is 0.0870. The molecule has 0 spiro atoms. The molecule has 1 aliphatic heterocycles. The van der Waals surface area contributed by atoms with Gasteiger partial charge in [-0.2, -0.15) is 0 Å². The molecule has 0 N–H and O–H groups in total. The molecule has 3 nitrogen and oxygen atoms in total. The van der Waals surface area contributed by atoms with Gasteiger partial charge >= 0.3 is 0 Å². The second-order valence-electron chi connectivity index (χ2n) is 6.56. The molecule has 0 saturated carbocycles. The van der Waals surface area contributed by atoms with Gasteiger partial charge in [0.05, 0.1) is 15.6 Å². The Labute approximate surface area is 177 Å². The maximum atomic E-state index is 13.9. The summed E-state index contributed by atoms with van der Waals surface area (Å²) in [6.45, 7) is 2.09. The van der Waals surface area contributed by atoms with Crippen LogP contribution in [-0.2, 0) is 6.61 Å². The topological polar surface area (TPSA) is 35.5 Å². The number of hydrogen-bond donors (Lipinski definition) is 0. The van der Waals surface area contributed by atoms with E-state index < -0.39 is 5.82 Å². The highest BCUT2D eigenvalue weighted by Gasteiger charge is 2.30. The lowest BCUT2D eigenvalue weighted by molar-refractivity contribution is 0.101. The molecule has 1 heterocycles. The summed E-state index contributed by atoms with van der Waals surface area (Å²) in [7, 11) is 0. The Morgan fingerprint density at radius 2 is 1.86 bits per heavy atom. The van der Waals surface area contributed by atoms with Gasteiger partial charge in [0.1, 0.15) is 23.9 Å². The molecule has 0 saturated heterocycles. The molecule has 0 aromatic heterocycles. The first-order valence-electron chi connectivity index (χ1n) is 8.83. The van der Waals surface area contributed by atoms with Crippen LogP contribution >= 0.6 is 23.2 Å². The van der Waals surface area contributed by atoms with Crippen molar-refractivity contribution in [3.8, 4) is 11.5 Å². The molecule has 0 atom stereocenters. The molecular formula is C23H15Cl2FO3. The van der Waals surface area contributed by atoms with E-state index >= 15 is 0 Å². The molecule has 4 rings (SSSR count). The average molecular weight is 429 g/mol. The smallest absolute Gasteiger partial charge is 0.231 e. The van der Waals surface area contributed by atoms with Crippen LogP contribution in [-0.4, -0.2) is 5.78 Å². The number of carbonyl (C=O) groups is 1.